The monoisotopic (exact) mass is 470 g/mol. The fraction of sp³-hybridized carbons (Fsp3) is 0.350. The van der Waals surface area contributed by atoms with Crippen LogP contribution in [0.4, 0.5) is 18.9 Å². The Labute approximate surface area is 182 Å². The molecule has 0 saturated carbocycles. The maximum atomic E-state index is 12.8. The number of nitrogens with one attached hydrogen (secondary N) is 1. The molecule has 172 valence electrons. The van der Waals surface area contributed by atoms with E-state index in [4.69, 9.17) is 5.14 Å². The molecule has 1 aromatic carbocycles. The van der Waals surface area contributed by atoms with Crippen molar-refractivity contribution >= 4 is 27.5 Å². The van der Waals surface area contributed by atoms with Gasteiger partial charge in [-0.15, -0.1) is 0 Å². The molecule has 2 aromatic rings. The molecule has 0 aliphatic carbocycles. The number of primary sulfonamides is 1. The average molecular weight is 470 g/mol. The number of hydrogen-bond acceptors (Lipinski definition) is 5. The highest BCUT2D eigenvalue weighted by molar-refractivity contribution is 7.89. The number of carbonyl (C=O) groups is 2. The molecule has 0 radical (unpaired) electrons. The number of sulfonamides is 1. The molecule has 3 N–H and O–H groups in total. The van der Waals surface area contributed by atoms with E-state index in [1.165, 1.54) is 36.1 Å². The van der Waals surface area contributed by atoms with Crippen LogP contribution in [0.2, 0.25) is 0 Å². The van der Waals surface area contributed by atoms with E-state index in [2.05, 4.69) is 10.3 Å². The summed E-state index contributed by atoms with van der Waals surface area (Å²) in [4.78, 5) is 30.1. The molecule has 1 aromatic heterocycles. The molecule has 3 rings (SSSR count). The van der Waals surface area contributed by atoms with Crippen molar-refractivity contribution in [3.63, 3.8) is 0 Å². The van der Waals surface area contributed by atoms with Gasteiger partial charge < -0.3 is 10.2 Å². The molecule has 8 nitrogen and oxygen atoms in total. The second-order valence-corrected chi connectivity index (χ2v) is 9.01. The minimum absolute atomic E-state index is 0.00682. The molecule has 1 aliphatic rings. The van der Waals surface area contributed by atoms with Crippen molar-refractivity contribution in [1.82, 2.24) is 9.88 Å². The van der Waals surface area contributed by atoms with Gasteiger partial charge in [-0.05, 0) is 56.2 Å². The van der Waals surface area contributed by atoms with Crippen molar-refractivity contribution in [2.24, 2.45) is 11.1 Å². The van der Waals surface area contributed by atoms with Crippen molar-refractivity contribution in [3.8, 4) is 0 Å². The van der Waals surface area contributed by atoms with E-state index >= 15 is 0 Å². The highest BCUT2D eigenvalue weighted by atomic mass is 32.2. The SMILES string of the molecule is Cc1nc(C(F)(F)F)ccc1C(=O)N1CCC(C(=O)Nc2ccc(S(N)(=O)=O)cc2)CC1. The van der Waals surface area contributed by atoms with E-state index in [0.29, 0.717) is 18.5 Å². The van der Waals surface area contributed by atoms with Crippen LogP contribution in [0, 0.1) is 12.8 Å². The van der Waals surface area contributed by atoms with Crippen LogP contribution in [0.5, 0.6) is 0 Å². The number of alkyl halides is 3. The molecule has 0 spiro atoms. The molecule has 0 unspecified atom stereocenters. The summed E-state index contributed by atoms with van der Waals surface area (Å²) in [6, 6.07) is 7.33. The lowest BCUT2D eigenvalue weighted by molar-refractivity contribution is -0.141. The number of aryl methyl sites for hydroxylation is 1. The lowest BCUT2D eigenvalue weighted by atomic mass is 9.95. The zero-order valence-electron chi connectivity index (χ0n) is 17.0. The van der Waals surface area contributed by atoms with Crippen molar-refractivity contribution < 1.29 is 31.2 Å². The molecule has 1 aliphatic heterocycles. The largest absolute Gasteiger partial charge is 0.433 e. The number of likely N-dealkylation sites (tertiary alicyclic amines) is 1. The van der Waals surface area contributed by atoms with Crippen LogP contribution < -0.4 is 10.5 Å². The summed E-state index contributed by atoms with van der Waals surface area (Å²) in [6.45, 7) is 1.88. The van der Waals surface area contributed by atoms with Crippen LogP contribution >= 0.6 is 0 Å². The van der Waals surface area contributed by atoms with E-state index in [-0.39, 0.29) is 41.1 Å². The maximum absolute atomic E-state index is 12.8. The van der Waals surface area contributed by atoms with Crippen molar-refractivity contribution in [2.45, 2.75) is 30.8 Å². The van der Waals surface area contributed by atoms with Crippen molar-refractivity contribution in [1.29, 1.82) is 0 Å². The predicted octanol–water partition coefficient (Wildman–Crippen LogP) is 2.55. The third-order valence-electron chi connectivity index (χ3n) is 5.21. The smallest absolute Gasteiger partial charge is 0.339 e. The number of carbonyl (C=O) groups excluding carboxylic acids is 2. The third kappa shape index (κ3) is 5.43. The summed E-state index contributed by atoms with van der Waals surface area (Å²) >= 11 is 0. The normalized spacial score (nSPS) is 15.5. The van der Waals surface area contributed by atoms with Gasteiger partial charge in [-0.1, -0.05) is 0 Å². The summed E-state index contributed by atoms with van der Waals surface area (Å²) < 4.78 is 60.9. The molecule has 0 bridgehead atoms. The minimum Gasteiger partial charge on any atom is -0.339 e. The number of nitrogens with zero attached hydrogens (tertiary/aromatic N) is 2. The summed E-state index contributed by atoms with van der Waals surface area (Å²) in [6.07, 6.45) is -3.84. The molecule has 2 amide bonds. The third-order valence-corrected chi connectivity index (χ3v) is 6.14. The number of piperidine rings is 1. The summed E-state index contributed by atoms with van der Waals surface area (Å²) in [5.74, 6) is -1.07. The first-order chi connectivity index (χ1) is 14.9. The highest BCUT2D eigenvalue weighted by Crippen LogP contribution is 2.29. The fourth-order valence-electron chi connectivity index (χ4n) is 3.43. The quantitative estimate of drug-likeness (QED) is 0.711. The number of rotatable bonds is 4. The molecule has 1 fully saturated rings. The zero-order valence-corrected chi connectivity index (χ0v) is 17.8. The van der Waals surface area contributed by atoms with Gasteiger partial charge in [0.2, 0.25) is 15.9 Å². The van der Waals surface area contributed by atoms with Gasteiger partial charge in [-0.3, -0.25) is 9.59 Å². The standard InChI is InChI=1S/C20H21F3N4O4S/c1-12-16(6-7-17(25-12)20(21,22)23)19(29)27-10-8-13(9-11-27)18(28)26-14-2-4-15(5-3-14)32(24,30)31/h2-7,13H,8-11H2,1H3,(H,26,28)(H2,24,30,31). The summed E-state index contributed by atoms with van der Waals surface area (Å²) in [5, 5.41) is 7.74. The first-order valence-electron chi connectivity index (χ1n) is 9.64. The van der Waals surface area contributed by atoms with Gasteiger partial charge in [0.25, 0.3) is 5.91 Å². The van der Waals surface area contributed by atoms with Crippen LogP contribution in [-0.2, 0) is 21.0 Å². The number of nitrogens with two attached hydrogens (primary N) is 1. The van der Waals surface area contributed by atoms with E-state index in [0.717, 1.165) is 12.1 Å². The zero-order chi connectivity index (χ0) is 23.7. The first-order valence-corrected chi connectivity index (χ1v) is 11.2. The molecular formula is C20H21F3N4O4S. The fourth-order valence-corrected chi connectivity index (χ4v) is 3.95. The van der Waals surface area contributed by atoms with E-state index in [1.54, 1.807) is 0 Å². The Morgan fingerprint density at radius 2 is 1.69 bits per heavy atom. The second kappa shape index (κ2) is 8.87. The molecule has 1 saturated heterocycles. The van der Waals surface area contributed by atoms with Gasteiger partial charge in [0.05, 0.1) is 16.2 Å². The number of amides is 2. The number of aromatic nitrogens is 1. The molecule has 12 heteroatoms. The Bertz CT molecular complexity index is 1130. The topological polar surface area (TPSA) is 122 Å². The van der Waals surface area contributed by atoms with Crippen molar-refractivity contribution in [2.75, 3.05) is 18.4 Å². The number of pyridine rings is 1. The van der Waals surface area contributed by atoms with Crippen LogP contribution in [0.1, 0.15) is 34.6 Å². The second-order valence-electron chi connectivity index (χ2n) is 7.45. The van der Waals surface area contributed by atoms with Gasteiger partial charge in [-0.25, -0.2) is 18.5 Å². The number of benzene rings is 1. The summed E-state index contributed by atoms with van der Waals surface area (Å²) in [5.41, 5.74) is -0.560. The lowest BCUT2D eigenvalue weighted by Gasteiger charge is -2.31. The van der Waals surface area contributed by atoms with E-state index in [9.17, 15) is 31.2 Å². The van der Waals surface area contributed by atoms with Crippen LogP contribution in [0.25, 0.3) is 0 Å². The first kappa shape index (κ1) is 23.7. The number of halogens is 3. The van der Waals surface area contributed by atoms with Gasteiger partial charge in [0, 0.05) is 24.7 Å². The van der Waals surface area contributed by atoms with Crippen LogP contribution in [0.15, 0.2) is 41.3 Å². The van der Waals surface area contributed by atoms with Gasteiger partial charge in [-0.2, -0.15) is 13.2 Å². The summed E-state index contributed by atoms with van der Waals surface area (Å²) in [7, 11) is -3.83. The molecule has 0 atom stereocenters. The van der Waals surface area contributed by atoms with E-state index < -0.39 is 27.8 Å². The average Bonchev–Trinajstić information content (AvgIpc) is 2.72. The lowest BCUT2D eigenvalue weighted by Crippen LogP contribution is -2.41. The van der Waals surface area contributed by atoms with Gasteiger partial charge in [0.1, 0.15) is 5.69 Å². The number of hydrogen-bond donors (Lipinski definition) is 2. The Hall–Kier alpha value is -2.99. The van der Waals surface area contributed by atoms with Gasteiger partial charge >= 0.3 is 6.18 Å². The maximum Gasteiger partial charge on any atom is 0.433 e. The highest BCUT2D eigenvalue weighted by Gasteiger charge is 2.34. The van der Waals surface area contributed by atoms with Crippen molar-refractivity contribution in [3.05, 3.63) is 53.3 Å². The van der Waals surface area contributed by atoms with E-state index in [1.807, 2.05) is 0 Å². The van der Waals surface area contributed by atoms with Crippen LogP contribution in [-0.4, -0.2) is 43.2 Å². The number of anilines is 1. The Morgan fingerprint density at radius 1 is 1.09 bits per heavy atom. The van der Waals surface area contributed by atoms with Crippen LogP contribution in [0.3, 0.4) is 0 Å². The Morgan fingerprint density at radius 3 is 2.19 bits per heavy atom. The molecular weight excluding hydrogens is 449 g/mol. The predicted molar refractivity (Wildman–Crippen MR) is 109 cm³/mol. The minimum atomic E-state index is -4.59. The molecule has 2 heterocycles. The van der Waals surface area contributed by atoms with Gasteiger partial charge in [0.15, 0.2) is 0 Å². The molecule has 32 heavy (non-hydrogen) atoms. The Kier molecular flexibility index (Phi) is 6.56. The Balaban J connectivity index is 1.59.